The first-order chi connectivity index (χ1) is 16.6. The van der Waals surface area contributed by atoms with Crippen molar-refractivity contribution in [1.29, 1.82) is 5.41 Å². The van der Waals surface area contributed by atoms with Crippen molar-refractivity contribution in [2.75, 3.05) is 7.11 Å². The van der Waals surface area contributed by atoms with Crippen LogP contribution in [0.4, 0.5) is 22.0 Å². The summed E-state index contributed by atoms with van der Waals surface area (Å²) in [6.07, 6.45) is 1.92. The van der Waals surface area contributed by atoms with Crippen LogP contribution in [0.15, 0.2) is 59.6 Å². The molecule has 3 heterocycles. The van der Waals surface area contributed by atoms with Gasteiger partial charge in [0.15, 0.2) is 11.7 Å². The standard InChI is InChI=1S/C23H21F5N6O/c1-33-12-14(21(32-33)20-15(24)4-3-5-16(20)25)13-6-7-18-30-10-17(34(18)11-13)22(29)31-19(35-2)8-9-23(26,27)28/h3-7,10-12,18,29-30H,8-9H2,1-2H3/b29-22?,31-19-. The summed E-state index contributed by atoms with van der Waals surface area (Å²) in [6, 6.07) is 3.56. The van der Waals surface area contributed by atoms with Gasteiger partial charge in [0, 0.05) is 43.2 Å². The molecule has 35 heavy (non-hydrogen) atoms. The van der Waals surface area contributed by atoms with Crippen LogP contribution in [0.25, 0.3) is 16.8 Å². The van der Waals surface area contributed by atoms with Gasteiger partial charge in [-0.2, -0.15) is 23.3 Å². The van der Waals surface area contributed by atoms with Gasteiger partial charge >= 0.3 is 6.18 Å². The smallest absolute Gasteiger partial charge is 0.389 e. The molecule has 2 aromatic rings. The average Bonchev–Trinajstić information content (AvgIpc) is 3.39. The molecule has 1 atom stereocenters. The number of amidine groups is 1. The highest BCUT2D eigenvalue weighted by Gasteiger charge is 2.31. The molecule has 12 heteroatoms. The van der Waals surface area contributed by atoms with Gasteiger partial charge in [-0.05, 0) is 18.2 Å². The summed E-state index contributed by atoms with van der Waals surface area (Å²) in [4.78, 5) is 5.57. The number of aryl methyl sites for hydroxylation is 1. The highest BCUT2D eigenvalue weighted by molar-refractivity contribution is 6.03. The molecule has 1 unspecified atom stereocenters. The van der Waals surface area contributed by atoms with Crippen LogP contribution >= 0.6 is 0 Å². The quantitative estimate of drug-likeness (QED) is 0.360. The van der Waals surface area contributed by atoms with E-state index in [2.05, 4.69) is 15.4 Å². The van der Waals surface area contributed by atoms with Crippen LogP contribution in [0.5, 0.6) is 0 Å². The number of allylic oxidation sites excluding steroid dienone is 2. The Balaban J connectivity index is 1.64. The van der Waals surface area contributed by atoms with Crippen LogP contribution < -0.4 is 5.32 Å². The molecule has 0 fully saturated rings. The SMILES string of the molecule is CO/C(CCC(F)(F)F)=N\C(=N)C1=CNC2C=CC(c3cn(C)nc3-c3c(F)cccc3F)=CN12. The second kappa shape index (κ2) is 9.35. The zero-order valence-corrected chi connectivity index (χ0v) is 18.7. The molecule has 2 N–H and O–H groups in total. The number of aromatic nitrogens is 2. The van der Waals surface area contributed by atoms with Gasteiger partial charge in [0.2, 0.25) is 0 Å². The van der Waals surface area contributed by atoms with Crippen molar-refractivity contribution in [3.63, 3.8) is 0 Å². The van der Waals surface area contributed by atoms with Gasteiger partial charge in [-0.25, -0.2) is 8.78 Å². The van der Waals surface area contributed by atoms with E-state index in [1.807, 2.05) is 0 Å². The summed E-state index contributed by atoms with van der Waals surface area (Å²) in [5.41, 5.74) is 1.14. The lowest BCUT2D eigenvalue weighted by molar-refractivity contribution is -0.133. The van der Waals surface area contributed by atoms with Crippen molar-refractivity contribution in [2.24, 2.45) is 12.0 Å². The molecular weight excluding hydrogens is 471 g/mol. The fourth-order valence-electron chi connectivity index (χ4n) is 3.75. The van der Waals surface area contributed by atoms with E-state index in [0.717, 1.165) is 12.1 Å². The largest absolute Gasteiger partial charge is 0.484 e. The van der Waals surface area contributed by atoms with Crippen LogP contribution in [-0.4, -0.2) is 45.9 Å². The first kappa shape index (κ1) is 24.2. The molecule has 0 aliphatic carbocycles. The Hall–Kier alpha value is -3.96. The Morgan fingerprint density at radius 3 is 2.63 bits per heavy atom. The maximum Gasteiger partial charge on any atom is 0.389 e. The van der Waals surface area contributed by atoms with Gasteiger partial charge < -0.3 is 15.0 Å². The molecule has 7 nitrogen and oxygen atoms in total. The van der Waals surface area contributed by atoms with Crippen molar-refractivity contribution < 1.29 is 26.7 Å². The number of nitrogens with zero attached hydrogens (tertiary/aromatic N) is 4. The highest BCUT2D eigenvalue weighted by atomic mass is 19.4. The number of nitrogens with one attached hydrogen (secondary N) is 2. The first-order valence-corrected chi connectivity index (χ1v) is 10.5. The van der Waals surface area contributed by atoms with E-state index in [9.17, 15) is 22.0 Å². The van der Waals surface area contributed by atoms with E-state index in [-0.39, 0.29) is 34.9 Å². The number of ether oxygens (including phenoxy) is 1. The van der Waals surface area contributed by atoms with Crippen LogP contribution in [0, 0.1) is 17.0 Å². The summed E-state index contributed by atoms with van der Waals surface area (Å²) in [6.45, 7) is 0. The molecule has 0 bridgehead atoms. The average molecular weight is 492 g/mol. The molecule has 1 aromatic heterocycles. The zero-order chi connectivity index (χ0) is 25.3. The number of alkyl halides is 3. The lowest BCUT2D eigenvalue weighted by Crippen LogP contribution is -2.34. The molecule has 0 spiro atoms. The number of methoxy groups -OCH3 is 1. The summed E-state index contributed by atoms with van der Waals surface area (Å²) in [7, 11) is 2.82. The maximum absolute atomic E-state index is 14.5. The summed E-state index contributed by atoms with van der Waals surface area (Å²) in [5.74, 6) is -2.04. The van der Waals surface area contributed by atoms with Gasteiger partial charge in [0.25, 0.3) is 0 Å². The summed E-state index contributed by atoms with van der Waals surface area (Å²) in [5, 5.41) is 15.6. The molecular formula is C23H21F5N6O. The summed E-state index contributed by atoms with van der Waals surface area (Å²) >= 11 is 0. The highest BCUT2D eigenvalue weighted by Crippen LogP contribution is 2.35. The second-order valence-electron chi connectivity index (χ2n) is 7.83. The Morgan fingerprint density at radius 1 is 1.26 bits per heavy atom. The minimum absolute atomic E-state index is 0.108. The van der Waals surface area contributed by atoms with Crippen LogP contribution in [0.2, 0.25) is 0 Å². The van der Waals surface area contributed by atoms with E-state index >= 15 is 0 Å². The number of hydrogen-bond donors (Lipinski definition) is 2. The van der Waals surface area contributed by atoms with E-state index in [0.29, 0.717) is 11.1 Å². The minimum atomic E-state index is -4.38. The van der Waals surface area contributed by atoms with Crippen LogP contribution in [0.3, 0.4) is 0 Å². The Morgan fingerprint density at radius 2 is 1.97 bits per heavy atom. The monoisotopic (exact) mass is 492 g/mol. The predicted octanol–water partition coefficient (Wildman–Crippen LogP) is 4.71. The zero-order valence-electron chi connectivity index (χ0n) is 18.7. The molecule has 4 rings (SSSR count). The second-order valence-corrected chi connectivity index (χ2v) is 7.83. The molecule has 0 saturated carbocycles. The fraction of sp³-hybridized carbons (Fsp3) is 0.261. The molecule has 184 valence electrons. The molecule has 0 radical (unpaired) electrons. The van der Waals surface area contributed by atoms with Crippen molar-refractivity contribution in [2.45, 2.75) is 25.2 Å². The number of hydrogen-bond acceptors (Lipinski definition) is 5. The van der Waals surface area contributed by atoms with Crippen LogP contribution in [-0.2, 0) is 11.8 Å². The van der Waals surface area contributed by atoms with Crippen LogP contribution in [0.1, 0.15) is 18.4 Å². The van der Waals surface area contributed by atoms with E-state index in [1.165, 1.54) is 24.1 Å². The Bertz CT molecular complexity index is 1250. The Kier molecular flexibility index (Phi) is 6.46. The number of benzene rings is 1. The third kappa shape index (κ3) is 5.10. The molecule has 2 aliphatic heterocycles. The van der Waals surface area contributed by atoms with Crippen molar-refractivity contribution in [3.8, 4) is 11.3 Å². The van der Waals surface area contributed by atoms with E-state index in [1.54, 1.807) is 36.5 Å². The number of aliphatic imine (C=N–C) groups is 1. The normalized spacial score (nSPS) is 17.6. The third-order valence-corrected chi connectivity index (χ3v) is 5.38. The van der Waals surface area contributed by atoms with Gasteiger partial charge in [-0.15, -0.1) is 0 Å². The summed E-state index contributed by atoms with van der Waals surface area (Å²) < 4.78 is 73.0. The minimum Gasteiger partial charge on any atom is -0.484 e. The van der Waals surface area contributed by atoms with Gasteiger partial charge in [0.1, 0.15) is 29.2 Å². The van der Waals surface area contributed by atoms with Crippen molar-refractivity contribution >= 4 is 17.3 Å². The fourth-order valence-corrected chi connectivity index (χ4v) is 3.75. The Labute approximate surface area is 197 Å². The lowest BCUT2D eigenvalue weighted by Gasteiger charge is -2.27. The van der Waals surface area contributed by atoms with Gasteiger partial charge in [-0.3, -0.25) is 10.1 Å². The molecule has 0 saturated heterocycles. The molecule has 1 aromatic carbocycles. The topological polar surface area (TPSA) is 78.5 Å². The van der Waals surface area contributed by atoms with Gasteiger partial charge in [0.05, 0.1) is 19.1 Å². The number of rotatable bonds is 5. The first-order valence-electron chi connectivity index (χ1n) is 10.5. The molecule has 2 aliphatic rings. The van der Waals surface area contributed by atoms with E-state index < -0.39 is 30.7 Å². The van der Waals surface area contributed by atoms with Crippen molar-refractivity contribution in [1.82, 2.24) is 20.0 Å². The molecule has 0 amide bonds. The third-order valence-electron chi connectivity index (χ3n) is 5.38. The van der Waals surface area contributed by atoms with E-state index in [4.69, 9.17) is 10.1 Å². The number of fused-ring (bicyclic) bond motifs is 1. The van der Waals surface area contributed by atoms with Gasteiger partial charge in [-0.1, -0.05) is 12.1 Å². The predicted molar refractivity (Wildman–Crippen MR) is 120 cm³/mol. The lowest BCUT2D eigenvalue weighted by atomic mass is 9.99. The maximum atomic E-state index is 14.5. The van der Waals surface area contributed by atoms with Crippen molar-refractivity contribution in [3.05, 3.63) is 71.8 Å². The number of halogens is 5.